The Kier molecular flexibility index (Phi) is 3.11. The van der Waals surface area contributed by atoms with E-state index in [4.69, 9.17) is 0 Å². The summed E-state index contributed by atoms with van der Waals surface area (Å²) in [5, 5.41) is 3.83. The topological polar surface area (TPSA) is 47.8 Å². The highest BCUT2D eigenvalue weighted by Gasteiger charge is 2.09. The van der Waals surface area contributed by atoms with Crippen LogP contribution < -0.4 is 0 Å². The lowest BCUT2D eigenvalue weighted by molar-refractivity contribution is 0.0997. The summed E-state index contributed by atoms with van der Waals surface area (Å²) in [4.78, 5) is 14.7. The highest BCUT2D eigenvalue weighted by atomic mass is 19.1. The zero-order valence-corrected chi connectivity index (χ0v) is 7.70. The van der Waals surface area contributed by atoms with E-state index in [9.17, 15) is 9.18 Å². The number of nitrogens with zero attached hydrogens (tertiary/aromatic N) is 3. The molecule has 0 fully saturated rings. The molecular formula is C8H12FN3O. The molecule has 1 unspecified atom stereocenters. The van der Waals surface area contributed by atoms with Gasteiger partial charge < -0.3 is 0 Å². The van der Waals surface area contributed by atoms with E-state index in [0.29, 0.717) is 18.8 Å². The molecule has 0 amide bonds. The molecule has 0 bridgehead atoms. The van der Waals surface area contributed by atoms with Crippen LogP contribution in [0.2, 0.25) is 0 Å². The summed E-state index contributed by atoms with van der Waals surface area (Å²) < 4.78 is 13.9. The van der Waals surface area contributed by atoms with Crippen LogP contribution in [0.3, 0.4) is 0 Å². The number of carbonyl (C=O) groups is 1. The number of alkyl halides is 1. The van der Waals surface area contributed by atoms with Crippen molar-refractivity contribution in [3.63, 3.8) is 0 Å². The average Bonchev–Trinajstić information content (AvgIpc) is 2.47. The molecule has 0 radical (unpaired) electrons. The fourth-order valence-corrected chi connectivity index (χ4v) is 1.00. The van der Waals surface area contributed by atoms with Crippen LogP contribution in [-0.4, -0.2) is 26.7 Å². The third-order valence-corrected chi connectivity index (χ3v) is 1.67. The molecule has 0 aliphatic carbocycles. The molecule has 4 nitrogen and oxygen atoms in total. The van der Waals surface area contributed by atoms with E-state index in [1.807, 2.05) is 0 Å². The maximum atomic E-state index is 12.5. The van der Waals surface area contributed by atoms with Crippen molar-refractivity contribution in [2.45, 2.75) is 33.0 Å². The van der Waals surface area contributed by atoms with Gasteiger partial charge in [-0.1, -0.05) is 0 Å². The van der Waals surface area contributed by atoms with Crippen LogP contribution in [0.1, 0.15) is 30.9 Å². The molecule has 1 heterocycles. The number of rotatable bonds is 4. The quantitative estimate of drug-likeness (QED) is 0.663. The molecule has 13 heavy (non-hydrogen) atoms. The number of aryl methyl sites for hydroxylation is 1. The van der Waals surface area contributed by atoms with E-state index in [1.54, 1.807) is 0 Å². The van der Waals surface area contributed by atoms with Gasteiger partial charge in [0.25, 0.3) is 0 Å². The first-order chi connectivity index (χ1) is 6.11. The summed E-state index contributed by atoms with van der Waals surface area (Å²) in [5.74, 6) is 0.143. The molecule has 1 aromatic rings. The van der Waals surface area contributed by atoms with Gasteiger partial charge in [0, 0.05) is 13.5 Å². The van der Waals surface area contributed by atoms with Crippen LogP contribution in [0.5, 0.6) is 0 Å². The Bertz CT molecular complexity index is 295. The highest BCUT2D eigenvalue weighted by molar-refractivity contribution is 5.90. The molecule has 72 valence electrons. The van der Waals surface area contributed by atoms with E-state index < -0.39 is 6.17 Å². The largest absolute Gasteiger partial charge is 0.291 e. The first-order valence-corrected chi connectivity index (χ1v) is 4.14. The Labute approximate surface area is 75.8 Å². The normalized spacial score (nSPS) is 12.8. The Morgan fingerprint density at radius 2 is 2.46 bits per heavy atom. The van der Waals surface area contributed by atoms with Crippen molar-refractivity contribution in [2.75, 3.05) is 0 Å². The van der Waals surface area contributed by atoms with Gasteiger partial charge in [-0.05, 0) is 13.3 Å². The van der Waals surface area contributed by atoms with Crippen molar-refractivity contribution in [2.24, 2.45) is 0 Å². The van der Waals surface area contributed by atoms with Crippen LogP contribution in [0.15, 0.2) is 6.33 Å². The molecule has 0 spiro atoms. The molecule has 0 aromatic carbocycles. The van der Waals surface area contributed by atoms with Crippen molar-refractivity contribution < 1.29 is 9.18 Å². The van der Waals surface area contributed by atoms with Gasteiger partial charge in [-0.3, -0.25) is 4.79 Å². The molecule has 5 heteroatoms. The summed E-state index contributed by atoms with van der Waals surface area (Å²) in [6.45, 7) is 3.29. The van der Waals surface area contributed by atoms with Crippen LogP contribution >= 0.6 is 0 Å². The summed E-state index contributed by atoms with van der Waals surface area (Å²) in [6, 6.07) is 0. The van der Waals surface area contributed by atoms with Gasteiger partial charge in [-0.15, -0.1) is 0 Å². The van der Waals surface area contributed by atoms with Gasteiger partial charge in [0.1, 0.15) is 6.33 Å². The smallest absolute Gasteiger partial charge is 0.196 e. The molecule has 0 N–H and O–H groups in total. The molecule has 1 aromatic heterocycles. The first-order valence-electron chi connectivity index (χ1n) is 4.14. The van der Waals surface area contributed by atoms with E-state index >= 15 is 0 Å². The summed E-state index contributed by atoms with van der Waals surface area (Å²) >= 11 is 0. The summed E-state index contributed by atoms with van der Waals surface area (Å²) in [6.07, 6.45) is 0.771. The van der Waals surface area contributed by atoms with Crippen molar-refractivity contribution in [3.8, 4) is 0 Å². The number of ketones is 1. The SMILES string of the molecule is CC(=O)c1ncnn1CCC(C)F. The lowest BCUT2D eigenvalue weighted by atomic mass is 10.3. The summed E-state index contributed by atoms with van der Waals surface area (Å²) in [7, 11) is 0. The van der Waals surface area contributed by atoms with Crippen molar-refractivity contribution in [3.05, 3.63) is 12.2 Å². The number of carbonyl (C=O) groups excluding carboxylic acids is 1. The van der Waals surface area contributed by atoms with Crippen molar-refractivity contribution in [1.29, 1.82) is 0 Å². The van der Waals surface area contributed by atoms with Gasteiger partial charge >= 0.3 is 0 Å². The minimum atomic E-state index is -0.885. The number of Topliss-reactive ketones (excluding diaryl/α,β-unsaturated/α-hetero) is 1. The second-order valence-electron chi connectivity index (χ2n) is 2.93. The minimum absolute atomic E-state index is 0.149. The zero-order chi connectivity index (χ0) is 9.84. The standard InChI is InChI=1S/C8H12FN3O/c1-6(9)3-4-12-8(7(2)13)10-5-11-12/h5-6H,3-4H2,1-2H3. The molecule has 0 saturated heterocycles. The Balaban J connectivity index is 2.65. The lowest BCUT2D eigenvalue weighted by Gasteiger charge is -2.03. The number of hydrogen-bond donors (Lipinski definition) is 0. The number of hydrogen-bond acceptors (Lipinski definition) is 3. The van der Waals surface area contributed by atoms with Gasteiger partial charge in [-0.25, -0.2) is 14.1 Å². The second-order valence-corrected chi connectivity index (χ2v) is 2.93. The van der Waals surface area contributed by atoms with Gasteiger partial charge in [-0.2, -0.15) is 5.10 Å². The molecule has 1 atom stereocenters. The number of halogens is 1. The Hall–Kier alpha value is -1.26. The fraction of sp³-hybridized carbons (Fsp3) is 0.625. The lowest BCUT2D eigenvalue weighted by Crippen LogP contribution is -2.11. The monoisotopic (exact) mass is 185 g/mol. The first kappa shape index (κ1) is 9.83. The Morgan fingerprint density at radius 1 is 1.77 bits per heavy atom. The Morgan fingerprint density at radius 3 is 3.00 bits per heavy atom. The van der Waals surface area contributed by atoms with Crippen molar-refractivity contribution >= 4 is 5.78 Å². The van der Waals surface area contributed by atoms with E-state index in [2.05, 4.69) is 10.1 Å². The minimum Gasteiger partial charge on any atom is -0.291 e. The predicted molar refractivity (Wildman–Crippen MR) is 45.2 cm³/mol. The average molecular weight is 185 g/mol. The zero-order valence-electron chi connectivity index (χ0n) is 7.70. The molecule has 0 saturated carbocycles. The molecule has 0 aliphatic rings. The van der Waals surface area contributed by atoms with Gasteiger partial charge in [0.15, 0.2) is 11.6 Å². The van der Waals surface area contributed by atoms with Crippen LogP contribution in [0.25, 0.3) is 0 Å². The maximum absolute atomic E-state index is 12.5. The van der Waals surface area contributed by atoms with Gasteiger partial charge in [0.05, 0.1) is 6.17 Å². The fourth-order valence-electron chi connectivity index (χ4n) is 1.00. The van der Waals surface area contributed by atoms with Crippen LogP contribution in [-0.2, 0) is 6.54 Å². The third kappa shape index (κ3) is 2.61. The summed E-state index contributed by atoms with van der Waals surface area (Å²) in [5.41, 5.74) is 0. The van der Waals surface area contributed by atoms with Gasteiger partial charge in [0.2, 0.25) is 0 Å². The third-order valence-electron chi connectivity index (χ3n) is 1.67. The van der Waals surface area contributed by atoms with Crippen LogP contribution in [0.4, 0.5) is 4.39 Å². The van der Waals surface area contributed by atoms with E-state index in [1.165, 1.54) is 24.9 Å². The highest BCUT2D eigenvalue weighted by Crippen LogP contribution is 2.01. The maximum Gasteiger partial charge on any atom is 0.196 e. The number of aromatic nitrogens is 3. The second kappa shape index (κ2) is 4.11. The van der Waals surface area contributed by atoms with Crippen LogP contribution in [0, 0.1) is 0 Å². The molecule has 1 rings (SSSR count). The molecular weight excluding hydrogens is 173 g/mol. The van der Waals surface area contributed by atoms with Crippen molar-refractivity contribution in [1.82, 2.24) is 14.8 Å². The molecule has 0 aliphatic heterocycles. The van der Waals surface area contributed by atoms with E-state index in [-0.39, 0.29) is 5.78 Å². The van der Waals surface area contributed by atoms with E-state index in [0.717, 1.165) is 0 Å². The predicted octanol–water partition coefficient (Wildman–Crippen LogP) is 1.23.